The van der Waals surface area contributed by atoms with Gasteiger partial charge in [0.2, 0.25) is 0 Å². The van der Waals surface area contributed by atoms with Crippen molar-refractivity contribution in [1.29, 1.82) is 0 Å². The maximum atomic E-state index is 13.5. The molecule has 2 aromatic rings. The number of rotatable bonds is 4. The Hall–Kier alpha value is -1.71. The summed E-state index contributed by atoms with van der Waals surface area (Å²) in [4.78, 5) is 0. The highest BCUT2D eigenvalue weighted by molar-refractivity contribution is 5.67. The van der Waals surface area contributed by atoms with Crippen LogP contribution in [-0.2, 0) is 11.3 Å². The van der Waals surface area contributed by atoms with E-state index in [1.807, 2.05) is 36.4 Å². The number of nitrogens with one attached hydrogen (secondary N) is 1. The molecule has 0 aliphatic carbocycles. The van der Waals surface area contributed by atoms with Crippen molar-refractivity contribution in [3.05, 3.63) is 59.9 Å². The zero-order valence-corrected chi connectivity index (χ0v) is 11.3. The fourth-order valence-electron chi connectivity index (χ4n) is 2.56. The maximum absolute atomic E-state index is 13.5. The predicted octanol–water partition coefficient (Wildman–Crippen LogP) is 3.37. The first-order chi connectivity index (χ1) is 9.83. The normalized spacial score (nSPS) is 18.4. The summed E-state index contributed by atoms with van der Waals surface area (Å²) in [5.74, 6) is -0.215. The summed E-state index contributed by atoms with van der Waals surface area (Å²) in [7, 11) is 0. The van der Waals surface area contributed by atoms with E-state index < -0.39 is 0 Å². The van der Waals surface area contributed by atoms with E-state index in [9.17, 15) is 4.39 Å². The van der Waals surface area contributed by atoms with Gasteiger partial charge in [0.1, 0.15) is 5.82 Å². The lowest BCUT2D eigenvalue weighted by Crippen LogP contribution is -2.16. The lowest BCUT2D eigenvalue weighted by molar-refractivity contribution is 0.0543. The minimum atomic E-state index is -0.215. The molecule has 0 unspecified atom stereocenters. The third-order valence-electron chi connectivity index (χ3n) is 3.64. The van der Waals surface area contributed by atoms with Crippen molar-refractivity contribution < 1.29 is 9.13 Å². The van der Waals surface area contributed by atoms with Gasteiger partial charge in [-0.1, -0.05) is 36.4 Å². The average molecular weight is 271 g/mol. The molecule has 1 aliphatic rings. The molecular formula is C17H18FNO. The van der Waals surface area contributed by atoms with Gasteiger partial charge in [-0.25, -0.2) is 4.39 Å². The molecule has 1 heterocycles. The van der Waals surface area contributed by atoms with Gasteiger partial charge in [0.05, 0.1) is 12.7 Å². The molecular weight excluding hydrogens is 253 g/mol. The summed E-state index contributed by atoms with van der Waals surface area (Å²) in [6.07, 6.45) is 1.26. The van der Waals surface area contributed by atoms with Gasteiger partial charge in [-0.3, -0.25) is 0 Å². The Kier molecular flexibility index (Phi) is 4.09. The summed E-state index contributed by atoms with van der Waals surface area (Å²) in [6.45, 7) is 2.34. The first-order valence-electron chi connectivity index (χ1n) is 6.99. The Labute approximate surface area is 118 Å². The minimum absolute atomic E-state index is 0.215. The molecule has 1 fully saturated rings. The van der Waals surface area contributed by atoms with Crippen molar-refractivity contribution >= 4 is 0 Å². The number of halogens is 1. The third-order valence-corrected chi connectivity index (χ3v) is 3.64. The van der Waals surface area contributed by atoms with Crippen molar-refractivity contribution in [2.24, 2.45) is 0 Å². The van der Waals surface area contributed by atoms with Gasteiger partial charge >= 0.3 is 0 Å². The van der Waals surface area contributed by atoms with E-state index in [-0.39, 0.29) is 11.9 Å². The summed E-state index contributed by atoms with van der Waals surface area (Å²) >= 11 is 0. The van der Waals surface area contributed by atoms with Crippen LogP contribution in [0.2, 0.25) is 0 Å². The summed E-state index contributed by atoms with van der Waals surface area (Å²) in [5.41, 5.74) is 3.04. The van der Waals surface area contributed by atoms with E-state index in [1.54, 1.807) is 6.07 Å². The van der Waals surface area contributed by atoms with Crippen LogP contribution >= 0.6 is 0 Å². The monoisotopic (exact) mass is 271 g/mol. The summed E-state index contributed by atoms with van der Waals surface area (Å²) in [5, 5.41) is 3.27. The van der Waals surface area contributed by atoms with Crippen LogP contribution in [0.3, 0.4) is 0 Å². The van der Waals surface area contributed by atoms with Gasteiger partial charge in [0.15, 0.2) is 0 Å². The molecule has 0 aromatic heterocycles. The second-order valence-electron chi connectivity index (χ2n) is 5.09. The standard InChI is InChI=1S/C17H18FNO/c18-15-6-7-17(13-4-2-1-3-5-13)14(10-15)12-20-16-8-9-19-11-16/h1-7,10,16,19H,8-9,11-12H2/t16-/m0/s1. The number of hydrogen-bond donors (Lipinski definition) is 1. The van der Waals surface area contributed by atoms with Crippen LogP contribution in [0.1, 0.15) is 12.0 Å². The molecule has 3 rings (SSSR count). The fraction of sp³-hybridized carbons (Fsp3) is 0.294. The summed E-state index contributed by atoms with van der Waals surface area (Å²) in [6, 6.07) is 14.9. The van der Waals surface area contributed by atoms with Crippen molar-refractivity contribution in [3.63, 3.8) is 0 Å². The van der Waals surface area contributed by atoms with E-state index in [2.05, 4.69) is 5.32 Å². The van der Waals surface area contributed by atoms with Gasteiger partial charge in [-0.2, -0.15) is 0 Å². The second kappa shape index (κ2) is 6.16. The SMILES string of the molecule is Fc1ccc(-c2ccccc2)c(CO[C@H]2CCNC2)c1. The van der Waals surface area contributed by atoms with Crippen molar-refractivity contribution in [2.45, 2.75) is 19.1 Å². The Bertz CT molecular complexity index is 564. The van der Waals surface area contributed by atoms with Crippen molar-refractivity contribution in [3.8, 4) is 11.1 Å². The van der Waals surface area contributed by atoms with Crippen molar-refractivity contribution in [2.75, 3.05) is 13.1 Å². The predicted molar refractivity (Wildman–Crippen MR) is 77.9 cm³/mol. The minimum Gasteiger partial charge on any atom is -0.372 e. The van der Waals surface area contributed by atoms with Crippen LogP contribution in [-0.4, -0.2) is 19.2 Å². The fourth-order valence-corrected chi connectivity index (χ4v) is 2.56. The highest BCUT2D eigenvalue weighted by atomic mass is 19.1. The van der Waals surface area contributed by atoms with Gasteiger partial charge in [0.25, 0.3) is 0 Å². The molecule has 2 nitrogen and oxygen atoms in total. The van der Waals surface area contributed by atoms with Crippen molar-refractivity contribution in [1.82, 2.24) is 5.32 Å². The topological polar surface area (TPSA) is 21.3 Å². The molecule has 3 heteroatoms. The molecule has 20 heavy (non-hydrogen) atoms. The Morgan fingerprint density at radius 2 is 2.00 bits per heavy atom. The van der Waals surface area contributed by atoms with E-state index in [4.69, 9.17) is 4.74 Å². The quantitative estimate of drug-likeness (QED) is 0.920. The van der Waals surface area contributed by atoms with Crippen LogP contribution in [0, 0.1) is 5.82 Å². The molecule has 0 saturated carbocycles. The smallest absolute Gasteiger partial charge is 0.123 e. The highest BCUT2D eigenvalue weighted by Gasteiger charge is 2.16. The lowest BCUT2D eigenvalue weighted by Gasteiger charge is -2.14. The van der Waals surface area contributed by atoms with Gasteiger partial charge in [-0.05, 0) is 41.8 Å². The first kappa shape index (κ1) is 13.3. The first-order valence-corrected chi connectivity index (χ1v) is 6.99. The van der Waals surface area contributed by atoms with Crippen LogP contribution in [0.15, 0.2) is 48.5 Å². The zero-order valence-electron chi connectivity index (χ0n) is 11.3. The van der Waals surface area contributed by atoms with Crippen LogP contribution < -0.4 is 5.32 Å². The molecule has 1 saturated heterocycles. The summed E-state index contributed by atoms with van der Waals surface area (Å²) < 4.78 is 19.4. The maximum Gasteiger partial charge on any atom is 0.123 e. The molecule has 0 spiro atoms. The average Bonchev–Trinajstić information content (AvgIpc) is 2.99. The van der Waals surface area contributed by atoms with E-state index in [1.165, 1.54) is 6.07 Å². The molecule has 0 bridgehead atoms. The Balaban J connectivity index is 1.82. The van der Waals surface area contributed by atoms with E-state index >= 15 is 0 Å². The molecule has 0 radical (unpaired) electrons. The number of ether oxygens (including phenoxy) is 1. The highest BCUT2D eigenvalue weighted by Crippen LogP contribution is 2.25. The number of benzene rings is 2. The number of hydrogen-bond acceptors (Lipinski definition) is 2. The molecule has 1 N–H and O–H groups in total. The van der Waals surface area contributed by atoms with E-state index in [0.717, 1.165) is 36.2 Å². The lowest BCUT2D eigenvalue weighted by atomic mass is 10.00. The second-order valence-corrected chi connectivity index (χ2v) is 5.09. The van der Waals surface area contributed by atoms with Gasteiger partial charge in [-0.15, -0.1) is 0 Å². The molecule has 1 aliphatic heterocycles. The third kappa shape index (κ3) is 3.06. The van der Waals surface area contributed by atoms with Gasteiger partial charge in [0, 0.05) is 6.54 Å². The zero-order chi connectivity index (χ0) is 13.8. The van der Waals surface area contributed by atoms with E-state index in [0.29, 0.717) is 6.61 Å². The van der Waals surface area contributed by atoms with Crippen LogP contribution in [0.25, 0.3) is 11.1 Å². The molecule has 1 atom stereocenters. The van der Waals surface area contributed by atoms with Crippen LogP contribution in [0.4, 0.5) is 4.39 Å². The molecule has 104 valence electrons. The Morgan fingerprint density at radius 3 is 2.75 bits per heavy atom. The molecule has 2 aromatic carbocycles. The largest absolute Gasteiger partial charge is 0.372 e. The van der Waals surface area contributed by atoms with Gasteiger partial charge < -0.3 is 10.1 Å². The van der Waals surface area contributed by atoms with Crippen LogP contribution in [0.5, 0.6) is 0 Å². The molecule has 0 amide bonds. The Morgan fingerprint density at radius 1 is 1.15 bits per heavy atom.